The Kier molecular flexibility index (Phi) is 3.47. The van der Waals surface area contributed by atoms with Crippen LogP contribution < -0.4 is 5.32 Å². The van der Waals surface area contributed by atoms with Crippen LogP contribution in [0.2, 0.25) is 0 Å². The van der Waals surface area contributed by atoms with Crippen LogP contribution in [0.1, 0.15) is 37.5 Å². The van der Waals surface area contributed by atoms with Crippen molar-refractivity contribution in [2.45, 2.75) is 31.8 Å². The first-order chi connectivity index (χ1) is 8.11. The van der Waals surface area contributed by atoms with Gasteiger partial charge in [-0.25, -0.2) is 4.98 Å². The van der Waals surface area contributed by atoms with Crippen LogP contribution >= 0.6 is 0 Å². The Bertz CT molecular complexity index is 393. The zero-order valence-corrected chi connectivity index (χ0v) is 10.7. The van der Waals surface area contributed by atoms with Crippen LogP contribution in [0.4, 0.5) is 0 Å². The molecule has 2 heterocycles. The van der Waals surface area contributed by atoms with Crippen molar-refractivity contribution in [1.82, 2.24) is 19.8 Å². The summed E-state index contributed by atoms with van der Waals surface area (Å²) in [4.78, 5) is 17.8. The second-order valence-corrected chi connectivity index (χ2v) is 4.78. The van der Waals surface area contributed by atoms with Crippen LogP contribution in [0, 0.1) is 0 Å². The van der Waals surface area contributed by atoms with Crippen LogP contribution in [0.25, 0.3) is 0 Å². The SMILES string of the molecule is CC(C(=O)N(C)C)n1cncc1C1CCCN1. The van der Waals surface area contributed by atoms with Crippen molar-refractivity contribution in [3.05, 3.63) is 18.2 Å². The van der Waals surface area contributed by atoms with Crippen molar-refractivity contribution in [2.24, 2.45) is 0 Å². The first-order valence-corrected chi connectivity index (χ1v) is 6.07. The smallest absolute Gasteiger partial charge is 0.244 e. The first kappa shape index (κ1) is 12.1. The lowest BCUT2D eigenvalue weighted by atomic mass is 10.1. The Morgan fingerprint density at radius 2 is 2.41 bits per heavy atom. The summed E-state index contributed by atoms with van der Waals surface area (Å²) in [7, 11) is 3.56. The molecule has 2 rings (SSSR count). The van der Waals surface area contributed by atoms with E-state index >= 15 is 0 Å². The molecule has 17 heavy (non-hydrogen) atoms. The number of imidazole rings is 1. The number of nitrogens with zero attached hydrogens (tertiary/aromatic N) is 3. The molecule has 5 nitrogen and oxygen atoms in total. The molecule has 2 atom stereocenters. The highest BCUT2D eigenvalue weighted by Crippen LogP contribution is 2.25. The molecule has 1 amide bonds. The summed E-state index contributed by atoms with van der Waals surface area (Å²) in [6, 6.07) is 0.153. The molecule has 1 aromatic heterocycles. The Labute approximate surface area is 102 Å². The van der Waals surface area contributed by atoms with E-state index in [1.807, 2.05) is 17.7 Å². The second kappa shape index (κ2) is 4.87. The normalized spacial score (nSPS) is 21.5. The average molecular weight is 236 g/mol. The third-order valence-corrected chi connectivity index (χ3v) is 3.33. The summed E-state index contributed by atoms with van der Waals surface area (Å²) in [5.41, 5.74) is 1.12. The van der Waals surface area contributed by atoms with E-state index in [1.165, 1.54) is 6.42 Å². The van der Waals surface area contributed by atoms with Gasteiger partial charge in [0.05, 0.1) is 12.0 Å². The number of hydrogen-bond acceptors (Lipinski definition) is 3. The Morgan fingerprint density at radius 1 is 1.65 bits per heavy atom. The Morgan fingerprint density at radius 3 is 3.00 bits per heavy atom. The van der Waals surface area contributed by atoms with Gasteiger partial charge in [0.15, 0.2) is 0 Å². The van der Waals surface area contributed by atoms with E-state index in [2.05, 4.69) is 10.3 Å². The average Bonchev–Trinajstić information content (AvgIpc) is 2.96. The van der Waals surface area contributed by atoms with E-state index in [0.717, 1.165) is 18.7 Å². The molecule has 1 N–H and O–H groups in total. The van der Waals surface area contributed by atoms with E-state index in [0.29, 0.717) is 6.04 Å². The van der Waals surface area contributed by atoms with Crippen molar-refractivity contribution >= 4 is 5.91 Å². The molecule has 2 unspecified atom stereocenters. The molecule has 1 aliphatic rings. The maximum atomic E-state index is 12.0. The van der Waals surface area contributed by atoms with E-state index in [4.69, 9.17) is 0 Å². The topological polar surface area (TPSA) is 50.2 Å². The van der Waals surface area contributed by atoms with Gasteiger partial charge in [-0.1, -0.05) is 0 Å². The van der Waals surface area contributed by atoms with Crippen molar-refractivity contribution in [1.29, 1.82) is 0 Å². The molecule has 1 saturated heterocycles. The van der Waals surface area contributed by atoms with Gasteiger partial charge in [0.25, 0.3) is 0 Å². The van der Waals surface area contributed by atoms with Crippen LogP contribution in [0.15, 0.2) is 12.5 Å². The van der Waals surface area contributed by atoms with Gasteiger partial charge >= 0.3 is 0 Å². The highest BCUT2D eigenvalue weighted by atomic mass is 16.2. The number of amides is 1. The standard InChI is InChI=1S/C12H20N4O/c1-9(12(17)15(2)3)16-8-13-7-11(16)10-5-4-6-14-10/h7-10,14H,4-6H2,1-3H3. The van der Waals surface area contributed by atoms with E-state index in [1.54, 1.807) is 25.3 Å². The predicted molar refractivity (Wildman–Crippen MR) is 65.6 cm³/mol. The van der Waals surface area contributed by atoms with Gasteiger partial charge < -0.3 is 14.8 Å². The molecule has 1 fully saturated rings. The summed E-state index contributed by atoms with van der Waals surface area (Å²) in [5, 5.41) is 3.44. The minimum atomic E-state index is -0.190. The molecule has 5 heteroatoms. The van der Waals surface area contributed by atoms with Gasteiger partial charge in [0, 0.05) is 26.3 Å². The minimum Gasteiger partial charge on any atom is -0.347 e. The predicted octanol–water partition coefficient (Wildman–Crippen LogP) is 0.957. The van der Waals surface area contributed by atoms with Crippen LogP contribution in [0.5, 0.6) is 0 Å². The third kappa shape index (κ3) is 2.34. The lowest BCUT2D eigenvalue weighted by molar-refractivity contribution is -0.131. The van der Waals surface area contributed by atoms with Gasteiger partial charge in [0.1, 0.15) is 6.04 Å². The maximum absolute atomic E-state index is 12.0. The molecular weight excluding hydrogens is 216 g/mol. The summed E-state index contributed by atoms with van der Waals surface area (Å²) >= 11 is 0. The van der Waals surface area contributed by atoms with Crippen LogP contribution in [0.3, 0.4) is 0 Å². The summed E-state index contributed by atoms with van der Waals surface area (Å²) in [6.07, 6.45) is 5.92. The fourth-order valence-electron chi connectivity index (χ4n) is 2.34. The highest BCUT2D eigenvalue weighted by Gasteiger charge is 2.24. The molecule has 94 valence electrons. The first-order valence-electron chi connectivity index (χ1n) is 6.07. The summed E-state index contributed by atoms with van der Waals surface area (Å²) in [6.45, 7) is 2.97. The fourth-order valence-corrected chi connectivity index (χ4v) is 2.34. The number of nitrogens with one attached hydrogen (secondary N) is 1. The lowest BCUT2D eigenvalue weighted by Gasteiger charge is -2.22. The van der Waals surface area contributed by atoms with Crippen molar-refractivity contribution in [2.75, 3.05) is 20.6 Å². The largest absolute Gasteiger partial charge is 0.347 e. The lowest BCUT2D eigenvalue weighted by Crippen LogP contribution is -2.31. The fraction of sp³-hybridized carbons (Fsp3) is 0.667. The molecule has 0 bridgehead atoms. The molecule has 0 spiro atoms. The maximum Gasteiger partial charge on any atom is 0.244 e. The van der Waals surface area contributed by atoms with Crippen molar-refractivity contribution in [3.63, 3.8) is 0 Å². The molecule has 0 aliphatic carbocycles. The number of likely N-dealkylation sites (N-methyl/N-ethyl adjacent to an activating group) is 1. The van der Waals surface area contributed by atoms with Gasteiger partial charge in [0.2, 0.25) is 5.91 Å². The molecular formula is C12H20N4O. The number of carbonyl (C=O) groups is 1. The quantitative estimate of drug-likeness (QED) is 0.850. The van der Waals surface area contributed by atoms with Crippen LogP contribution in [-0.2, 0) is 4.79 Å². The third-order valence-electron chi connectivity index (χ3n) is 3.33. The monoisotopic (exact) mass is 236 g/mol. The number of carbonyl (C=O) groups excluding carboxylic acids is 1. The van der Waals surface area contributed by atoms with Crippen molar-refractivity contribution < 1.29 is 4.79 Å². The molecule has 0 saturated carbocycles. The van der Waals surface area contributed by atoms with Gasteiger partial charge in [-0.2, -0.15) is 0 Å². The molecule has 0 aromatic carbocycles. The number of hydrogen-bond donors (Lipinski definition) is 1. The van der Waals surface area contributed by atoms with E-state index in [9.17, 15) is 4.79 Å². The Hall–Kier alpha value is -1.36. The number of aromatic nitrogens is 2. The second-order valence-electron chi connectivity index (χ2n) is 4.78. The van der Waals surface area contributed by atoms with Crippen LogP contribution in [-0.4, -0.2) is 41.0 Å². The van der Waals surface area contributed by atoms with Gasteiger partial charge in [-0.15, -0.1) is 0 Å². The highest BCUT2D eigenvalue weighted by molar-refractivity contribution is 5.79. The van der Waals surface area contributed by atoms with Gasteiger partial charge in [-0.05, 0) is 26.3 Å². The molecule has 1 aromatic rings. The minimum absolute atomic E-state index is 0.0993. The van der Waals surface area contributed by atoms with Crippen molar-refractivity contribution in [3.8, 4) is 0 Å². The Balaban J connectivity index is 2.20. The summed E-state index contributed by atoms with van der Waals surface area (Å²) in [5.74, 6) is 0.0993. The van der Waals surface area contributed by atoms with Gasteiger partial charge in [-0.3, -0.25) is 4.79 Å². The summed E-state index contributed by atoms with van der Waals surface area (Å²) < 4.78 is 1.98. The van der Waals surface area contributed by atoms with E-state index in [-0.39, 0.29) is 11.9 Å². The number of rotatable bonds is 3. The molecule has 0 radical (unpaired) electrons. The zero-order chi connectivity index (χ0) is 12.4. The zero-order valence-electron chi connectivity index (χ0n) is 10.7. The van der Waals surface area contributed by atoms with E-state index < -0.39 is 0 Å². The molecule has 1 aliphatic heterocycles.